The molecule has 1 N–H and O–H groups in total. The fourth-order valence-electron chi connectivity index (χ4n) is 1.94. The van der Waals surface area contributed by atoms with E-state index in [0.29, 0.717) is 0 Å². The molecule has 0 radical (unpaired) electrons. The van der Waals surface area contributed by atoms with Crippen molar-refractivity contribution in [2.45, 2.75) is 19.4 Å². The molecule has 2 aromatic carbocycles. The van der Waals surface area contributed by atoms with Crippen LogP contribution in [0.15, 0.2) is 51.4 Å². The Bertz CT molecular complexity index is 572. The first-order chi connectivity index (χ1) is 9.10. The summed E-state index contributed by atoms with van der Waals surface area (Å²) in [5, 5.41) is 4.26. The molecule has 100 valence electrons. The van der Waals surface area contributed by atoms with Crippen LogP contribution >= 0.6 is 43.5 Å². The number of hydrogen-bond acceptors (Lipinski definition) is 1. The highest BCUT2D eigenvalue weighted by Crippen LogP contribution is 2.31. The standard InChI is InChI=1S/C15H14Br2ClN/c1-2-14(10-4-3-5-11(16)8-10)19-15-9-12(18)6-7-13(15)17/h3-9,14,19H,2H2,1H3. The normalized spacial score (nSPS) is 12.2. The van der Waals surface area contributed by atoms with Gasteiger partial charge in [0.1, 0.15) is 0 Å². The highest BCUT2D eigenvalue weighted by molar-refractivity contribution is 9.10. The molecule has 0 bridgehead atoms. The molecule has 0 spiro atoms. The van der Waals surface area contributed by atoms with Crippen molar-refractivity contribution in [3.05, 3.63) is 62.0 Å². The van der Waals surface area contributed by atoms with Crippen molar-refractivity contribution in [3.8, 4) is 0 Å². The Hall–Kier alpha value is -0.510. The fraction of sp³-hybridized carbons (Fsp3) is 0.200. The summed E-state index contributed by atoms with van der Waals surface area (Å²) in [6.07, 6.45) is 0.995. The van der Waals surface area contributed by atoms with E-state index in [2.05, 4.69) is 62.3 Å². The zero-order valence-electron chi connectivity index (χ0n) is 10.5. The minimum atomic E-state index is 0.257. The van der Waals surface area contributed by atoms with Crippen LogP contribution in [0.5, 0.6) is 0 Å². The van der Waals surface area contributed by atoms with Gasteiger partial charge in [-0.05, 0) is 58.2 Å². The van der Waals surface area contributed by atoms with Gasteiger partial charge in [0, 0.05) is 14.0 Å². The molecular weight excluding hydrogens is 389 g/mol. The van der Waals surface area contributed by atoms with Crippen LogP contribution in [-0.4, -0.2) is 0 Å². The molecule has 0 aliphatic carbocycles. The van der Waals surface area contributed by atoms with Gasteiger partial charge in [0.05, 0.1) is 11.7 Å². The molecular formula is C15H14Br2ClN. The highest BCUT2D eigenvalue weighted by atomic mass is 79.9. The molecule has 19 heavy (non-hydrogen) atoms. The van der Waals surface area contributed by atoms with E-state index in [1.807, 2.05) is 24.3 Å². The second kappa shape index (κ2) is 6.78. The van der Waals surface area contributed by atoms with Crippen molar-refractivity contribution in [1.82, 2.24) is 0 Å². The van der Waals surface area contributed by atoms with Crippen molar-refractivity contribution in [1.29, 1.82) is 0 Å². The van der Waals surface area contributed by atoms with Gasteiger partial charge in [-0.2, -0.15) is 0 Å². The lowest BCUT2D eigenvalue weighted by Crippen LogP contribution is -2.10. The molecule has 0 heterocycles. The van der Waals surface area contributed by atoms with Crippen LogP contribution in [0.2, 0.25) is 5.02 Å². The van der Waals surface area contributed by atoms with Crippen molar-refractivity contribution in [3.63, 3.8) is 0 Å². The van der Waals surface area contributed by atoms with E-state index in [9.17, 15) is 0 Å². The third-order valence-electron chi connectivity index (χ3n) is 2.92. The van der Waals surface area contributed by atoms with E-state index >= 15 is 0 Å². The molecule has 1 nitrogen and oxygen atoms in total. The maximum Gasteiger partial charge on any atom is 0.0512 e. The molecule has 2 rings (SSSR count). The van der Waals surface area contributed by atoms with E-state index in [1.54, 1.807) is 0 Å². The Morgan fingerprint density at radius 1 is 1.16 bits per heavy atom. The van der Waals surface area contributed by atoms with Crippen LogP contribution < -0.4 is 5.32 Å². The predicted molar refractivity (Wildman–Crippen MR) is 89.9 cm³/mol. The summed E-state index contributed by atoms with van der Waals surface area (Å²) in [6.45, 7) is 2.16. The smallest absolute Gasteiger partial charge is 0.0512 e. The van der Waals surface area contributed by atoms with Crippen LogP contribution in [0, 0.1) is 0 Å². The number of hydrogen-bond donors (Lipinski definition) is 1. The second-order valence-electron chi connectivity index (χ2n) is 4.28. The Morgan fingerprint density at radius 3 is 2.63 bits per heavy atom. The monoisotopic (exact) mass is 401 g/mol. The first-order valence-electron chi connectivity index (χ1n) is 6.07. The Kier molecular flexibility index (Phi) is 5.31. The predicted octanol–water partition coefficient (Wildman–Crippen LogP) is 6.43. The van der Waals surface area contributed by atoms with Gasteiger partial charge in [-0.3, -0.25) is 0 Å². The molecule has 1 atom stereocenters. The number of anilines is 1. The molecule has 1 unspecified atom stereocenters. The lowest BCUT2D eigenvalue weighted by atomic mass is 10.0. The van der Waals surface area contributed by atoms with Gasteiger partial charge in [-0.1, -0.05) is 46.6 Å². The molecule has 4 heteroatoms. The zero-order chi connectivity index (χ0) is 13.8. The maximum absolute atomic E-state index is 6.05. The van der Waals surface area contributed by atoms with Crippen LogP contribution in [-0.2, 0) is 0 Å². The quantitative estimate of drug-likeness (QED) is 0.620. The largest absolute Gasteiger partial charge is 0.377 e. The minimum Gasteiger partial charge on any atom is -0.377 e. The highest BCUT2D eigenvalue weighted by Gasteiger charge is 2.11. The topological polar surface area (TPSA) is 12.0 Å². The average Bonchev–Trinajstić information content (AvgIpc) is 2.39. The van der Waals surface area contributed by atoms with Crippen molar-refractivity contribution in [2.75, 3.05) is 5.32 Å². The summed E-state index contributed by atoms with van der Waals surface area (Å²) in [5.41, 5.74) is 2.27. The fourth-order valence-corrected chi connectivity index (χ4v) is 2.89. The first kappa shape index (κ1) is 14.9. The molecule has 0 fully saturated rings. The summed E-state index contributed by atoms with van der Waals surface area (Å²) in [4.78, 5) is 0. The van der Waals surface area contributed by atoms with Crippen molar-refractivity contribution >= 4 is 49.1 Å². The van der Waals surface area contributed by atoms with E-state index < -0.39 is 0 Å². The summed E-state index contributed by atoms with van der Waals surface area (Å²) in [6, 6.07) is 14.4. The van der Waals surface area contributed by atoms with Crippen molar-refractivity contribution < 1.29 is 0 Å². The van der Waals surface area contributed by atoms with Crippen LogP contribution in [0.3, 0.4) is 0 Å². The van der Waals surface area contributed by atoms with E-state index in [-0.39, 0.29) is 6.04 Å². The molecule has 0 aliphatic rings. The second-order valence-corrected chi connectivity index (χ2v) is 6.49. The van der Waals surface area contributed by atoms with Gasteiger partial charge in [0.15, 0.2) is 0 Å². The maximum atomic E-state index is 6.05. The number of rotatable bonds is 4. The molecule has 0 aromatic heterocycles. The third-order valence-corrected chi connectivity index (χ3v) is 4.34. The number of benzene rings is 2. The van der Waals surface area contributed by atoms with E-state index in [4.69, 9.17) is 11.6 Å². The number of nitrogens with one attached hydrogen (secondary N) is 1. The molecule has 0 amide bonds. The molecule has 2 aromatic rings. The van der Waals surface area contributed by atoms with Crippen LogP contribution in [0.25, 0.3) is 0 Å². The molecule has 0 saturated carbocycles. The Labute approximate surface area is 135 Å². The van der Waals surface area contributed by atoms with Crippen LogP contribution in [0.1, 0.15) is 24.9 Å². The van der Waals surface area contributed by atoms with Gasteiger partial charge < -0.3 is 5.32 Å². The minimum absolute atomic E-state index is 0.257. The van der Waals surface area contributed by atoms with Crippen molar-refractivity contribution in [2.24, 2.45) is 0 Å². The zero-order valence-corrected chi connectivity index (χ0v) is 14.4. The van der Waals surface area contributed by atoms with Gasteiger partial charge in [-0.15, -0.1) is 0 Å². The Balaban J connectivity index is 2.26. The lowest BCUT2D eigenvalue weighted by molar-refractivity contribution is 0.748. The van der Waals surface area contributed by atoms with Gasteiger partial charge in [-0.25, -0.2) is 0 Å². The van der Waals surface area contributed by atoms with E-state index in [0.717, 1.165) is 26.1 Å². The van der Waals surface area contributed by atoms with Gasteiger partial charge in [0.2, 0.25) is 0 Å². The summed E-state index contributed by atoms with van der Waals surface area (Å²) in [7, 11) is 0. The SMILES string of the molecule is CCC(Nc1cc(Cl)ccc1Br)c1cccc(Br)c1. The van der Waals surface area contributed by atoms with E-state index in [1.165, 1.54) is 5.56 Å². The lowest BCUT2D eigenvalue weighted by Gasteiger charge is -2.20. The van der Waals surface area contributed by atoms with Gasteiger partial charge in [0.25, 0.3) is 0 Å². The Morgan fingerprint density at radius 2 is 1.95 bits per heavy atom. The van der Waals surface area contributed by atoms with Gasteiger partial charge >= 0.3 is 0 Å². The average molecular weight is 404 g/mol. The molecule has 0 saturated heterocycles. The summed E-state index contributed by atoms with van der Waals surface area (Å²) < 4.78 is 2.11. The van der Waals surface area contributed by atoms with Crippen LogP contribution in [0.4, 0.5) is 5.69 Å². The summed E-state index contributed by atoms with van der Waals surface area (Å²) >= 11 is 13.1. The number of halogens is 3. The summed E-state index contributed by atoms with van der Waals surface area (Å²) in [5.74, 6) is 0. The first-order valence-corrected chi connectivity index (χ1v) is 8.03. The molecule has 0 aliphatic heterocycles. The third kappa shape index (κ3) is 3.98.